The third kappa shape index (κ3) is 7.52. The van der Waals surface area contributed by atoms with Gasteiger partial charge in [0, 0.05) is 6.61 Å². The van der Waals surface area contributed by atoms with Crippen molar-refractivity contribution in [1.82, 2.24) is 16.0 Å². The van der Waals surface area contributed by atoms with Crippen LogP contribution in [0.3, 0.4) is 0 Å². The molecule has 1 aromatic carbocycles. The van der Waals surface area contributed by atoms with E-state index in [0.29, 0.717) is 0 Å². The average molecular weight is 436 g/mol. The number of carbonyl (C=O) groups is 3. The summed E-state index contributed by atoms with van der Waals surface area (Å²) in [6.07, 6.45) is 1.76. The van der Waals surface area contributed by atoms with Gasteiger partial charge in [-0.1, -0.05) is 24.3 Å². The van der Waals surface area contributed by atoms with Crippen molar-refractivity contribution in [3.8, 4) is 0 Å². The lowest BCUT2D eigenvalue weighted by Gasteiger charge is -2.28. The number of aliphatic hydroxyl groups excluding tert-OH is 2. The van der Waals surface area contributed by atoms with Crippen molar-refractivity contribution in [1.29, 1.82) is 0 Å². The van der Waals surface area contributed by atoms with Gasteiger partial charge in [-0.05, 0) is 57.6 Å². The van der Waals surface area contributed by atoms with E-state index in [2.05, 4.69) is 16.0 Å². The van der Waals surface area contributed by atoms with Crippen LogP contribution >= 0.6 is 0 Å². The summed E-state index contributed by atoms with van der Waals surface area (Å²) in [5, 5.41) is 26.7. The fraction of sp³-hybridized carbons (Fsp3) is 0.591. The van der Waals surface area contributed by atoms with E-state index in [1.54, 1.807) is 20.8 Å². The molecule has 9 nitrogen and oxygen atoms in total. The molecule has 0 heterocycles. The Morgan fingerprint density at radius 2 is 1.81 bits per heavy atom. The maximum absolute atomic E-state index is 12.7. The van der Waals surface area contributed by atoms with Gasteiger partial charge in [0.25, 0.3) is 0 Å². The van der Waals surface area contributed by atoms with Crippen molar-refractivity contribution in [3.63, 3.8) is 0 Å². The maximum atomic E-state index is 12.7. The number of hydrogen-bond donors (Lipinski definition) is 5. The highest BCUT2D eigenvalue weighted by Gasteiger charge is 2.30. The lowest BCUT2D eigenvalue weighted by atomic mass is 9.87. The topological polar surface area (TPSA) is 137 Å². The van der Waals surface area contributed by atoms with Crippen LogP contribution in [0.5, 0.6) is 0 Å². The van der Waals surface area contributed by atoms with E-state index in [-0.39, 0.29) is 19.1 Å². The molecule has 172 valence electrons. The fourth-order valence-electron chi connectivity index (χ4n) is 3.49. The van der Waals surface area contributed by atoms with Crippen LogP contribution in [-0.2, 0) is 20.7 Å². The van der Waals surface area contributed by atoms with Gasteiger partial charge in [0.2, 0.25) is 11.8 Å². The molecule has 0 bridgehead atoms. The molecule has 0 spiro atoms. The van der Waals surface area contributed by atoms with Crippen molar-refractivity contribution in [2.75, 3.05) is 13.2 Å². The fourth-order valence-corrected chi connectivity index (χ4v) is 3.49. The van der Waals surface area contributed by atoms with E-state index < -0.39 is 42.2 Å². The maximum Gasteiger partial charge on any atom is 0.408 e. The molecule has 9 heteroatoms. The number of nitrogens with one attached hydrogen (secondary N) is 3. The zero-order valence-corrected chi connectivity index (χ0v) is 18.3. The van der Waals surface area contributed by atoms with Crippen LogP contribution in [0.4, 0.5) is 4.79 Å². The number of ether oxygens (including phenoxy) is 1. The Bertz CT molecular complexity index is 777. The zero-order chi connectivity index (χ0) is 23.0. The van der Waals surface area contributed by atoms with Crippen LogP contribution in [0.1, 0.15) is 57.2 Å². The number of hydrogen-bond acceptors (Lipinski definition) is 6. The number of benzene rings is 1. The highest BCUT2D eigenvalue weighted by molar-refractivity contribution is 5.91. The van der Waals surface area contributed by atoms with E-state index in [1.807, 2.05) is 24.3 Å². The Kier molecular flexibility index (Phi) is 8.82. The summed E-state index contributed by atoms with van der Waals surface area (Å²) in [6, 6.07) is 5.36. The molecule has 1 aromatic rings. The molecule has 0 radical (unpaired) electrons. The monoisotopic (exact) mass is 435 g/mol. The zero-order valence-electron chi connectivity index (χ0n) is 18.3. The van der Waals surface area contributed by atoms with Gasteiger partial charge in [0.15, 0.2) is 0 Å². The summed E-state index contributed by atoms with van der Waals surface area (Å²) < 4.78 is 5.14. The summed E-state index contributed by atoms with van der Waals surface area (Å²) in [5.74, 6) is -1.21. The number of aliphatic hydroxyl groups is 2. The van der Waals surface area contributed by atoms with Crippen molar-refractivity contribution in [3.05, 3.63) is 35.4 Å². The minimum absolute atomic E-state index is 0.0686. The number of amides is 3. The highest BCUT2D eigenvalue weighted by atomic mass is 16.6. The molecule has 1 aliphatic rings. The smallest absolute Gasteiger partial charge is 0.408 e. The third-order valence-corrected chi connectivity index (χ3v) is 4.93. The van der Waals surface area contributed by atoms with Gasteiger partial charge in [0.1, 0.15) is 17.7 Å². The first kappa shape index (κ1) is 24.6. The summed E-state index contributed by atoms with van der Waals surface area (Å²) in [4.78, 5) is 37.3. The molecule has 0 saturated carbocycles. The van der Waals surface area contributed by atoms with E-state index in [4.69, 9.17) is 4.74 Å². The average Bonchev–Trinajstić information content (AvgIpc) is 2.70. The quantitative estimate of drug-likeness (QED) is 0.412. The predicted octanol–water partition coefficient (Wildman–Crippen LogP) is 0.933. The van der Waals surface area contributed by atoms with Gasteiger partial charge in [-0.3, -0.25) is 9.59 Å². The largest absolute Gasteiger partial charge is 0.444 e. The summed E-state index contributed by atoms with van der Waals surface area (Å²) in [6.45, 7) is 4.09. The molecule has 0 aliphatic heterocycles. The minimum Gasteiger partial charge on any atom is -0.444 e. The Balaban J connectivity index is 2.00. The first-order valence-electron chi connectivity index (χ1n) is 10.5. The van der Waals surface area contributed by atoms with Crippen LogP contribution in [-0.4, -0.2) is 59.0 Å². The lowest BCUT2D eigenvalue weighted by Crippen LogP contribution is -2.56. The first-order chi connectivity index (χ1) is 14.6. The molecule has 31 heavy (non-hydrogen) atoms. The van der Waals surface area contributed by atoms with Crippen molar-refractivity contribution < 1.29 is 29.3 Å². The normalized spacial score (nSPS) is 17.6. The minimum atomic E-state index is -1.19. The molecule has 0 saturated heterocycles. The molecule has 0 aromatic heterocycles. The number of alkyl carbamates (subject to hydrolysis) is 1. The van der Waals surface area contributed by atoms with Gasteiger partial charge in [0.05, 0.1) is 12.6 Å². The van der Waals surface area contributed by atoms with Gasteiger partial charge >= 0.3 is 6.09 Å². The summed E-state index contributed by atoms with van der Waals surface area (Å²) in [7, 11) is 0. The summed E-state index contributed by atoms with van der Waals surface area (Å²) in [5.41, 5.74) is 1.46. The SMILES string of the molecule is CC(C)(C)OC(=O)N[C@@H](CCO)C(=O)NC(CO)C(=O)N[C@@H]1CCCc2ccccc21. The van der Waals surface area contributed by atoms with E-state index >= 15 is 0 Å². The van der Waals surface area contributed by atoms with E-state index in [0.717, 1.165) is 24.8 Å². The summed E-state index contributed by atoms with van der Waals surface area (Å²) >= 11 is 0. The third-order valence-electron chi connectivity index (χ3n) is 4.93. The molecular formula is C22H33N3O6. The lowest BCUT2D eigenvalue weighted by molar-refractivity contribution is -0.131. The second-order valence-electron chi connectivity index (χ2n) is 8.61. The molecular weight excluding hydrogens is 402 g/mol. The molecule has 1 unspecified atom stereocenters. The second-order valence-corrected chi connectivity index (χ2v) is 8.61. The van der Waals surface area contributed by atoms with Crippen molar-refractivity contribution in [2.24, 2.45) is 0 Å². The van der Waals surface area contributed by atoms with Gasteiger partial charge in [-0.25, -0.2) is 4.79 Å². The molecule has 0 fully saturated rings. The Morgan fingerprint density at radius 1 is 1.10 bits per heavy atom. The van der Waals surface area contributed by atoms with Crippen molar-refractivity contribution in [2.45, 2.75) is 70.2 Å². The molecule has 2 rings (SSSR count). The predicted molar refractivity (Wildman–Crippen MR) is 114 cm³/mol. The van der Waals surface area contributed by atoms with Crippen LogP contribution in [0.2, 0.25) is 0 Å². The highest BCUT2D eigenvalue weighted by Crippen LogP contribution is 2.29. The molecule has 3 atom stereocenters. The van der Waals surface area contributed by atoms with E-state index in [9.17, 15) is 24.6 Å². The van der Waals surface area contributed by atoms with Gasteiger partial charge in [-0.2, -0.15) is 0 Å². The second kappa shape index (κ2) is 11.1. The van der Waals surface area contributed by atoms with Gasteiger partial charge in [-0.15, -0.1) is 0 Å². The first-order valence-corrected chi connectivity index (χ1v) is 10.5. The Morgan fingerprint density at radius 3 is 2.45 bits per heavy atom. The molecule has 3 amide bonds. The molecule has 5 N–H and O–H groups in total. The molecule has 1 aliphatic carbocycles. The number of aryl methyl sites for hydroxylation is 1. The van der Waals surface area contributed by atoms with Crippen LogP contribution < -0.4 is 16.0 Å². The van der Waals surface area contributed by atoms with Gasteiger partial charge < -0.3 is 30.9 Å². The Labute approximate surface area is 182 Å². The standard InChI is InChI=1S/C22H33N3O6/c1-22(2,3)31-21(30)25-17(11-12-26)19(28)24-18(13-27)20(29)23-16-10-6-8-14-7-4-5-9-15(14)16/h4-5,7,9,16-18,26-27H,6,8,10-13H2,1-3H3,(H,23,29)(H,24,28)(H,25,30)/t16-,17+,18?/m1/s1. The van der Waals surface area contributed by atoms with Crippen LogP contribution in [0.15, 0.2) is 24.3 Å². The van der Waals surface area contributed by atoms with Crippen LogP contribution in [0, 0.1) is 0 Å². The number of fused-ring (bicyclic) bond motifs is 1. The number of rotatable bonds is 8. The van der Waals surface area contributed by atoms with E-state index in [1.165, 1.54) is 5.56 Å². The van der Waals surface area contributed by atoms with Crippen molar-refractivity contribution >= 4 is 17.9 Å². The number of carbonyl (C=O) groups excluding carboxylic acids is 3. The van der Waals surface area contributed by atoms with Crippen LogP contribution in [0.25, 0.3) is 0 Å². The Hall–Kier alpha value is -2.65.